The Kier molecular flexibility index (Phi) is 2.26. The average Bonchev–Trinajstić information content (AvgIpc) is 2.40. The van der Waals surface area contributed by atoms with Crippen LogP contribution in [0.3, 0.4) is 0 Å². The Balaban J connectivity index is 1.97. The second-order valence-corrected chi connectivity index (χ2v) is 3.85. The molecule has 0 saturated carbocycles. The van der Waals surface area contributed by atoms with Gasteiger partial charge in [0.2, 0.25) is 0 Å². The van der Waals surface area contributed by atoms with Crippen molar-refractivity contribution in [3.05, 3.63) is 59.9 Å². The highest BCUT2D eigenvalue weighted by molar-refractivity contribution is 6.01. The number of carbonyl (C=O) groups excluding carboxylic acids is 1. The summed E-state index contributed by atoms with van der Waals surface area (Å²) in [5, 5.41) is 6.13. The molecule has 0 bridgehead atoms. The van der Waals surface area contributed by atoms with Crippen LogP contribution >= 0.6 is 0 Å². The first kappa shape index (κ1) is 9.84. The fourth-order valence-corrected chi connectivity index (χ4v) is 1.90. The second-order valence-electron chi connectivity index (χ2n) is 3.85. The van der Waals surface area contributed by atoms with Crippen LogP contribution in [-0.2, 0) is 0 Å². The molecule has 1 aliphatic rings. The Morgan fingerprint density at radius 2 is 1.82 bits per heavy atom. The Labute approximate surface area is 98.7 Å². The highest BCUT2D eigenvalue weighted by atomic mass is 16.2. The third kappa shape index (κ3) is 1.73. The standard InChI is InChI=1S/C13H11N3O/c17-13-9-5-1-2-6-10(9)15-12(16-13)11-7-3-4-8-14-11/h1-8,12,15H,(H,16,17)/t12-/m1/s1. The summed E-state index contributed by atoms with van der Waals surface area (Å²) in [6, 6.07) is 13.1. The van der Waals surface area contributed by atoms with Gasteiger partial charge in [0.25, 0.3) is 5.91 Å². The number of aromatic nitrogens is 1. The summed E-state index contributed by atoms with van der Waals surface area (Å²) >= 11 is 0. The van der Waals surface area contributed by atoms with Crippen LogP contribution in [0.15, 0.2) is 48.7 Å². The minimum atomic E-state index is -0.265. The summed E-state index contributed by atoms with van der Waals surface area (Å²) in [5.41, 5.74) is 2.31. The fraction of sp³-hybridized carbons (Fsp3) is 0.0769. The van der Waals surface area contributed by atoms with Crippen molar-refractivity contribution in [1.82, 2.24) is 10.3 Å². The van der Waals surface area contributed by atoms with Crippen LogP contribution in [0.5, 0.6) is 0 Å². The first-order valence-electron chi connectivity index (χ1n) is 5.42. The molecule has 0 radical (unpaired) electrons. The summed E-state index contributed by atoms with van der Waals surface area (Å²) in [7, 11) is 0. The number of pyridine rings is 1. The number of anilines is 1. The molecule has 4 heteroatoms. The monoisotopic (exact) mass is 225 g/mol. The Morgan fingerprint density at radius 3 is 2.65 bits per heavy atom. The highest BCUT2D eigenvalue weighted by Gasteiger charge is 2.24. The molecule has 1 amide bonds. The SMILES string of the molecule is O=C1N[C@H](c2ccccn2)Nc2ccccc21. The number of amides is 1. The summed E-state index contributed by atoms with van der Waals surface area (Å²) in [5.74, 6) is -0.0741. The lowest BCUT2D eigenvalue weighted by Crippen LogP contribution is -2.38. The Morgan fingerprint density at radius 1 is 1.00 bits per heavy atom. The van der Waals surface area contributed by atoms with E-state index in [9.17, 15) is 4.79 Å². The van der Waals surface area contributed by atoms with Crippen molar-refractivity contribution in [2.75, 3.05) is 5.32 Å². The molecule has 0 aliphatic carbocycles. The van der Waals surface area contributed by atoms with Gasteiger partial charge in [0.15, 0.2) is 0 Å². The van der Waals surface area contributed by atoms with Gasteiger partial charge in [-0.25, -0.2) is 0 Å². The zero-order chi connectivity index (χ0) is 11.7. The molecule has 1 atom stereocenters. The minimum absolute atomic E-state index is 0.0741. The zero-order valence-corrected chi connectivity index (χ0v) is 9.05. The van der Waals surface area contributed by atoms with Crippen LogP contribution in [0.2, 0.25) is 0 Å². The van der Waals surface area contributed by atoms with E-state index in [-0.39, 0.29) is 12.1 Å². The van der Waals surface area contributed by atoms with Crippen LogP contribution in [0.4, 0.5) is 5.69 Å². The highest BCUT2D eigenvalue weighted by Crippen LogP contribution is 2.24. The molecule has 2 aromatic rings. The first-order chi connectivity index (χ1) is 8.34. The van der Waals surface area contributed by atoms with E-state index in [4.69, 9.17) is 0 Å². The average molecular weight is 225 g/mol. The number of benzene rings is 1. The predicted octanol–water partition coefficient (Wildman–Crippen LogP) is 1.94. The van der Waals surface area contributed by atoms with E-state index in [1.165, 1.54) is 0 Å². The van der Waals surface area contributed by atoms with Gasteiger partial charge in [0.1, 0.15) is 6.17 Å². The van der Waals surface area contributed by atoms with Gasteiger partial charge in [-0.1, -0.05) is 18.2 Å². The van der Waals surface area contributed by atoms with Crippen molar-refractivity contribution < 1.29 is 4.79 Å². The van der Waals surface area contributed by atoms with Crippen molar-refractivity contribution in [2.45, 2.75) is 6.17 Å². The third-order valence-corrected chi connectivity index (χ3v) is 2.73. The second kappa shape index (κ2) is 3.90. The summed E-state index contributed by atoms with van der Waals surface area (Å²) < 4.78 is 0. The van der Waals surface area contributed by atoms with Crippen molar-refractivity contribution in [3.63, 3.8) is 0 Å². The maximum absolute atomic E-state index is 11.9. The van der Waals surface area contributed by atoms with E-state index in [0.29, 0.717) is 5.56 Å². The van der Waals surface area contributed by atoms with Crippen LogP contribution in [0, 0.1) is 0 Å². The quantitative estimate of drug-likeness (QED) is 0.779. The molecule has 2 N–H and O–H groups in total. The number of hydrogen-bond donors (Lipinski definition) is 2. The van der Waals surface area contributed by atoms with Crippen molar-refractivity contribution in [3.8, 4) is 0 Å². The molecule has 3 rings (SSSR count). The number of nitrogens with zero attached hydrogens (tertiary/aromatic N) is 1. The molecule has 2 heterocycles. The molecule has 1 aromatic carbocycles. The lowest BCUT2D eigenvalue weighted by Gasteiger charge is -2.27. The third-order valence-electron chi connectivity index (χ3n) is 2.73. The molecule has 4 nitrogen and oxygen atoms in total. The number of fused-ring (bicyclic) bond motifs is 1. The van der Waals surface area contributed by atoms with Crippen molar-refractivity contribution >= 4 is 11.6 Å². The van der Waals surface area contributed by atoms with Gasteiger partial charge in [-0.3, -0.25) is 9.78 Å². The van der Waals surface area contributed by atoms with Gasteiger partial charge in [0, 0.05) is 11.9 Å². The van der Waals surface area contributed by atoms with Crippen LogP contribution in [0.25, 0.3) is 0 Å². The summed E-state index contributed by atoms with van der Waals surface area (Å²) in [6.07, 6.45) is 1.45. The first-order valence-corrected chi connectivity index (χ1v) is 5.42. The number of para-hydroxylation sites is 1. The summed E-state index contributed by atoms with van der Waals surface area (Å²) in [6.45, 7) is 0. The molecule has 0 saturated heterocycles. The van der Waals surface area contributed by atoms with E-state index >= 15 is 0 Å². The maximum Gasteiger partial charge on any atom is 0.255 e. The van der Waals surface area contributed by atoms with Gasteiger partial charge in [-0.05, 0) is 24.3 Å². The Hall–Kier alpha value is -2.36. The van der Waals surface area contributed by atoms with Gasteiger partial charge in [-0.2, -0.15) is 0 Å². The van der Waals surface area contributed by atoms with E-state index in [0.717, 1.165) is 11.4 Å². The van der Waals surface area contributed by atoms with Crippen LogP contribution < -0.4 is 10.6 Å². The maximum atomic E-state index is 11.9. The lowest BCUT2D eigenvalue weighted by atomic mass is 10.1. The van der Waals surface area contributed by atoms with Crippen molar-refractivity contribution in [1.29, 1.82) is 0 Å². The number of hydrogen-bond acceptors (Lipinski definition) is 3. The minimum Gasteiger partial charge on any atom is -0.360 e. The molecule has 1 aliphatic heterocycles. The number of nitrogens with one attached hydrogen (secondary N) is 2. The topological polar surface area (TPSA) is 54.0 Å². The fourth-order valence-electron chi connectivity index (χ4n) is 1.90. The lowest BCUT2D eigenvalue weighted by molar-refractivity contribution is 0.0935. The molecule has 0 unspecified atom stereocenters. The van der Waals surface area contributed by atoms with Crippen molar-refractivity contribution in [2.24, 2.45) is 0 Å². The smallest absolute Gasteiger partial charge is 0.255 e. The normalized spacial score (nSPS) is 17.9. The van der Waals surface area contributed by atoms with E-state index in [1.807, 2.05) is 36.4 Å². The van der Waals surface area contributed by atoms with Crippen LogP contribution in [0.1, 0.15) is 22.2 Å². The molecule has 0 spiro atoms. The van der Waals surface area contributed by atoms with Gasteiger partial charge < -0.3 is 10.6 Å². The van der Waals surface area contributed by atoms with Gasteiger partial charge in [0.05, 0.1) is 11.3 Å². The van der Waals surface area contributed by atoms with Crippen LogP contribution in [-0.4, -0.2) is 10.9 Å². The van der Waals surface area contributed by atoms with E-state index in [2.05, 4.69) is 15.6 Å². The number of carbonyl (C=O) groups is 1. The molecule has 1 aromatic heterocycles. The number of rotatable bonds is 1. The van der Waals surface area contributed by atoms with Gasteiger partial charge >= 0.3 is 0 Å². The molecular weight excluding hydrogens is 214 g/mol. The molecule has 84 valence electrons. The largest absolute Gasteiger partial charge is 0.360 e. The Bertz CT molecular complexity index is 554. The summed E-state index contributed by atoms with van der Waals surface area (Å²) in [4.78, 5) is 16.1. The molecule has 0 fully saturated rings. The van der Waals surface area contributed by atoms with E-state index in [1.54, 1.807) is 12.3 Å². The van der Waals surface area contributed by atoms with Gasteiger partial charge in [-0.15, -0.1) is 0 Å². The molecular formula is C13H11N3O. The molecule has 17 heavy (non-hydrogen) atoms. The predicted molar refractivity (Wildman–Crippen MR) is 64.5 cm³/mol. The van der Waals surface area contributed by atoms with E-state index < -0.39 is 0 Å². The zero-order valence-electron chi connectivity index (χ0n) is 9.05.